The van der Waals surface area contributed by atoms with Crippen LogP contribution in [0, 0.1) is 40.9 Å². The molecule has 4 saturated carbocycles. The van der Waals surface area contributed by atoms with Gasteiger partial charge in [0.2, 0.25) is 0 Å². The fourth-order valence-corrected chi connectivity index (χ4v) is 25.8. The predicted molar refractivity (Wildman–Crippen MR) is 486 cm³/mol. The summed E-state index contributed by atoms with van der Waals surface area (Å²) in [6.45, 7) is 0. The van der Waals surface area contributed by atoms with Gasteiger partial charge in [-0.2, -0.15) is 0 Å². The van der Waals surface area contributed by atoms with Crippen LogP contribution in [0.15, 0.2) is 437 Å². The van der Waals surface area contributed by atoms with Crippen LogP contribution in [-0.4, -0.2) is 35.7 Å². The number of hydrogen-bond donors (Lipinski definition) is 1. The second-order valence-corrected chi connectivity index (χ2v) is 34.4. The predicted octanol–water partition coefficient (Wildman–Crippen LogP) is 24.7. The number of carbonyl (C=O) groups is 1. The normalized spacial score (nSPS) is 22.8. The smallest absolute Gasteiger partial charge is 0.143 e. The second kappa shape index (κ2) is 27.3. The number of rotatable bonds is 12. The molecule has 0 radical (unpaired) electrons. The SMILES string of the molecule is N=C1C2C3C(C(=O)C4C3C1C(N1c3ccccc3C(c3ccccc3)(c3ccccc3)c3ccccc31)CC4N1c3ccccc3C(c3ccccc3)(c3ccccc3)c3ccccc31)C(N1c3ccccc3C(c3ccccc3)(c3ccccc3)c3ccccc31)CC2N1c2ccccc2C(c2ccccc2)(c2ccccc2)c2ccccc21. The van der Waals surface area contributed by atoms with Crippen molar-refractivity contribution in [1.29, 1.82) is 5.41 Å². The topological polar surface area (TPSA) is 53.9 Å². The largest absolute Gasteiger partial charge is 0.337 e. The van der Waals surface area contributed by atoms with Gasteiger partial charge in [-0.25, -0.2) is 0 Å². The summed E-state index contributed by atoms with van der Waals surface area (Å²) in [4.78, 5) is 29.9. The van der Waals surface area contributed by atoms with Gasteiger partial charge < -0.3 is 25.0 Å². The number of fused-ring (bicyclic) bond motifs is 8. The van der Waals surface area contributed by atoms with Crippen molar-refractivity contribution >= 4 is 57.0 Å². The van der Waals surface area contributed by atoms with Gasteiger partial charge in [-0.05, 0) is 162 Å². The Morgan fingerprint density at radius 3 is 0.500 bits per heavy atom. The van der Waals surface area contributed by atoms with E-state index in [1.165, 1.54) is 89.0 Å². The average Bonchev–Trinajstić information content (AvgIpc) is 1.29. The van der Waals surface area contributed by atoms with E-state index in [1.54, 1.807) is 0 Å². The number of hydrogen-bond acceptors (Lipinski definition) is 6. The Balaban J connectivity index is 0.795. The number of carbonyl (C=O) groups excluding carboxylic acids is 1. The number of benzene rings is 16. The molecule has 10 atom stereocenters. The van der Waals surface area contributed by atoms with Crippen LogP contribution in [0.4, 0.5) is 45.5 Å². The van der Waals surface area contributed by atoms with E-state index < -0.39 is 57.4 Å². The fraction of sp³-hybridized carbons (Fsp3) is 0.140. The Labute approximate surface area is 702 Å². The van der Waals surface area contributed by atoms with E-state index in [2.05, 4.69) is 456 Å². The van der Waals surface area contributed by atoms with Gasteiger partial charge in [0.25, 0.3) is 0 Å². The van der Waals surface area contributed by atoms with E-state index >= 15 is 4.79 Å². The summed E-state index contributed by atoms with van der Waals surface area (Å²) in [7, 11) is 0. The van der Waals surface area contributed by atoms with Crippen molar-refractivity contribution in [2.24, 2.45) is 35.5 Å². The summed E-state index contributed by atoms with van der Waals surface area (Å²) in [5, 5.41) is 12.4. The lowest BCUT2D eigenvalue weighted by Gasteiger charge is -2.56. The minimum absolute atomic E-state index is 0.313. The molecular formula is C114H87N5O. The van der Waals surface area contributed by atoms with Gasteiger partial charge in [0.15, 0.2) is 0 Å². The molecule has 0 aromatic heterocycles. The maximum atomic E-state index is 18.9. The van der Waals surface area contributed by atoms with Crippen molar-refractivity contribution in [1.82, 2.24) is 0 Å². The van der Waals surface area contributed by atoms with Crippen molar-refractivity contribution in [3.63, 3.8) is 0 Å². The van der Waals surface area contributed by atoms with Gasteiger partial charge in [0.1, 0.15) is 5.78 Å². The average molecular weight is 1540 g/mol. The molecule has 4 aliphatic heterocycles. The maximum Gasteiger partial charge on any atom is 0.143 e. The molecule has 1 N–H and O–H groups in total. The van der Waals surface area contributed by atoms with Crippen LogP contribution in [0.5, 0.6) is 0 Å². The molecule has 574 valence electrons. The molecular weight excluding hydrogens is 1460 g/mol. The molecule has 6 heteroatoms. The number of nitrogens with zero attached hydrogens (tertiary/aromatic N) is 4. The van der Waals surface area contributed by atoms with Crippen LogP contribution < -0.4 is 19.6 Å². The van der Waals surface area contributed by atoms with Crippen LogP contribution >= 0.6 is 0 Å². The quantitative estimate of drug-likeness (QED) is 0.132. The first-order valence-electron chi connectivity index (χ1n) is 43.0. The number of Topliss-reactive ketones (excluding diaryl/α,β-unsaturated/α-hetero) is 1. The van der Waals surface area contributed by atoms with Crippen molar-refractivity contribution in [3.05, 3.63) is 526 Å². The van der Waals surface area contributed by atoms with Gasteiger partial charge in [-0.1, -0.05) is 388 Å². The van der Waals surface area contributed by atoms with Crippen LogP contribution in [0.3, 0.4) is 0 Å². The van der Waals surface area contributed by atoms with Crippen molar-refractivity contribution in [3.8, 4) is 0 Å². The molecule has 4 heterocycles. The zero-order chi connectivity index (χ0) is 79.4. The highest BCUT2D eigenvalue weighted by Gasteiger charge is 2.74. The van der Waals surface area contributed by atoms with E-state index in [1.807, 2.05) is 0 Å². The Kier molecular flexibility index (Phi) is 16.0. The second-order valence-electron chi connectivity index (χ2n) is 34.4. The summed E-state index contributed by atoms with van der Waals surface area (Å²) in [5.41, 5.74) is 25.5. The van der Waals surface area contributed by atoms with Gasteiger partial charge >= 0.3 is 0 Å². The van der Waals surface area contributed by atoms with Gasteiger partial charge in [-0.3, -0.25) is 4.79 Å². The third-order valence-corrected chi connectivity index (χ3v) is 29.6. The lowest BCUT2D eigenvalue weighted by molar-refractivity contribution is -0.127. The monoisotopic (exact) mass is 1540 g/mol. The van der Waals surface area contributed by atoms with Gasteiger partial charge in [0.05, 0.1) is 21.7 Å². The summed E-state index contributed by atoms with van der Waals surface area (Å²) < 4.78 is 0. The van der Waals surface area contributed by atoms with Crippen LogP contribution in [0.2, 0.25) is 0 Å². The third kappa shape index (κ3) is 9.45. The molecule has 8 aliphatic rings. The van der Waals surface area contributed by atoms with E-state index in [9.17, 15) is 5.41 Å². The zero-order valence-electron chi connectivity index (χ0n) is 66.5. The summed E-state index contributed by atoms with van der Waals surface area (Å²) in [5.74, 6) is -2.24. The highest BCUT2D eigenvalue weighted by Crippen LogP contribution is 2.71. The van der Waals surface area contributed by atoms with Crippen LogP contribution in [-0.2, 0) is 26.5 Å². The molecule has 4 aliphatic carbocycles. The standard InChI is InChI=1S/C114H87N5O/c115-109-103-99(116-91-65-33-25-57-83(91)111(75-41-9-1-10-42-75,76-43-11-2-12-44-76)84-58-26-34-66-92(84)116)73-101(118-95-69-37-29-61-87(95)113(79-49-17-5-18-50-79,80-51-19-6-20-52-80)88-62-30-38-70-96(88)118)105-107(103)108-104(109)100(117-93-67-35-27-59-85(93)112(77-45-13-3-14-46-77,78-47-15-4-16-48-78)86-60-28-36-68-94(86)117)74-102(106(108)110(105)120)119-97-71-39-31-63-89(97)114(81-53-21-7-22-54-81,82-55-23-8-24-56-82)90-64-32-40-72-98(90)119/h1-72,99-108,115H,73-74H2. The van der Waals surface area contributed by atoms with Crippen molar-refractivity contribution in [2.45, 2.75) is 58.7 Å². The first kappa shape index (κ1) is 70.3. The van der Waals surface area contributed by atoms with Gasteiger partial charge in [-0.15, -0.1) is 0 Å². The molecule has 16 aromatic rings. The zero-order valence-corrected chi connectivity index (χ0v) is 66.5. The maximum absolute atomic E-state index is 18.9. The molecule has 6 nitrogen and oxygen atoms in total. The molecule has 0 saturated heterocycles. The highest BCUT2D eigenvalue weighted by atomic mass is 16.1. The number of anilines is 8. The molecule has 120 heavy (non-hydrogen) atoms. The minimum atomic E-state index is -0.762. The molecule has 0 amide bonds. The van der Waals surface area contributed by atoms with Crippen molar-refractivity contribution < 1.29 is 4.79 Å². The third-order valence-electron chi connectivity index (χ3n) is 29.6. The molecule has 4 fully saturated rings. The summed E-state index contributed by atoms with van der Waals surface area (Å²) in [6.07, 6.45) is 1.11. The summed E-state index contributed by atoms with van der Waals surface area (Å²) in [6, 6.07) is 162. The number of para-hydroxylation sites is 8. The Hall–Kier alpha value is -13.9. The Morgan fingerprint density at radius 2 is 0.333 bits per heavy atom. The molecule has 0 spiro atoms. The molecule has 10 unspecified atom stereocenters. The van der Waals surface area contributed by atoms with Crippen molar-refractivity contribution in [2.75, 3.05) is 19.6 Å². The highest BCUT2D eigenvalue weighted by molar-refractivity contribution is 6.02. The molecule has 16 aromatic carbocycles. The lowest BCUT2D eigenvalue weighted by Crippen LogP contribution is -2.61. The number of ketones is 1. The fourth-order valence-electron chi connectivity index (χ4n) is 25.8. The molecule has 24 rings (SSSR count). The first-order valence-corrected chi connectivity index (χ1v) is 43.0. The van der Waals surface area contributed by atoms with E-state index in [-0.39, 0.29) is 23.9 Å². The van der Waals surface area contributed by atoms with Crippen LogP contribution in [0.1, 0.15) is 102 Å². The van der Waals surface area contributed by atoms with Crippen LogP contribution in [0.25, 0.3) is 0 Å². The number of nitrogens with one attached hydrogen (secondary N) is 1. The minimum Gasteiger partial charge on any atom is -0.337 e. The first-order chi connectivity index (χ1) is 59.5. The summed E-state index contributed by atoms with van der Waals surface area (Å²) >= 11 is 0. The van der Waals surface area contributed by atoms with E-state index in [4.69, 9.17) is 0 Å². The lowest BCUT2D eigenvalue weighted by atomic mass is 9.60. The Bertz CT molecular complexity index is 5500. The van der Waals surface area contributed by atoms with Gasteiger partial charge in [0, 0.05) is 99.0 Å². The van der Waals surface area contributed by atoms with E-state index in [0.29, 0.717) is 18.6 Å². The Morgan fingerprint density at radius 1 is 0.192 bits per heavy atom. The molecule has 0 bridgehead atoms. The van der Waals surface area contributed by atoms with E-state index in [0.717, 1.165) is 51.2 Å².